The minimum Gasteiger partial charge on any atom is -0.360 e. The zero-order chi connectivity index (χ0) is 20.6. The number of hydrogen-bond acceptors (Lipinski definition) is 5. The van der Waals surface area contributed by atoms with Gasteiger partial charge in [0.1, 0.15) is 17.0 Å². The molecule has 0 bridgehead atoms. The number of carbonyl (C=O) groups excluding carboxylic acids is 1. The fraction of sp³-hybridized carbons (Fsp3) is 0.143. The summed E-state index contributed by atoms with van der Waals surface area (Å²) in [5, 5.41) is 5.64. The van der Waals surface area contributed by atoms with Gasteiger partial charge in [-0.25, -0.2) is 8.42 Å². The second-order valence-electron chi connectivity index (χ2n) is 6.68. The number of carbonyl (C=O) groups is 1. The summed E-state index contributed by atoms with van der Waals surface area (Å²) in [5.41, 5.74) is 1.72. The molecule has 0 radical (unpaired) electrons. The van der Waals surface area contributed by atoms with E-state index in [4.69, 9.17) is 16.1 Å². The highest BCUT2D eigenvalue weighted by Crippen LogP contribution is 2.34. The van der Waals surface area contributed by atoms with Gasteiger partial charge < -0.3 is 9.42 Å². The number of rotatable bonds is 4. The highest BCUT2D eigenvalue weighted by molar-refractivity contribution is 7.94. The van der Waals surface area contributed by atoms with Gasteiger partial charge in [-0.2, -0.15) is 0 Å². The van der Waals surface area contributed by atoms with Crippen LogP contribution in [0.2, 0.25) is 5.02 Å². The molecule has 0 unspecified atom stereocenters. The molecule has 0 N–H and O–H groups in total. The summed E-state index contributed by atoms with van der Waals surface area (Å²) in [6.07, 6.45) is 1.53. The SMILES string of the molecule is Cc1onc(-c2ccccc2Cl)c1C(=O)N(c1ccccc1)[C@H]1C=CS(=O)(=O)C1. The topological polar surface area (TPSA) is 80.5 Å². The molecule has 1 atom stereocenters. The molecule has 1 aliphatic rings. The van der Waals surface area contributed by atoms with Gasteiger partial charge in [-0.05, 0) is 31.2 Å². The van der Waals surface area contributed by atoms with Crippen molar-refractivity contribution in [3.63, 3.8) is 0 Å². The number of benzene rings is 2. The highest BCUT2D eigenvalue weighted by Gasteiger charge is 2.35. The van der Waals surface area contributed by atoms with Crippen LogP contribution < -0.4 is 4.90 Å². The van der Waals surface area contributed by atoms with Crippen LogP contribution in [0.3, 0.4) is 0 Å². The van der Waals surface area contributed by atoms with Crippen molar-refractivity contribution in [2.24, 2.45) is 0 Å². The first-order valence-electron chi connectivity index (χ1n) is 8.88. The minimum atomic E-state index is -3.36. The van der Waals surface area contributed by atoms with Crippen LogP contribution in [-0.4, -0.2) is 31.3 Å². The number of aryl methyl sites for hydroxylation is 1. The van der Waals surface area contributed by atoms with Gasteiger partial charge in [-0.3, -0.25) is 4.79 Å². The molecule has 29 heavy (non-hydrogen) atoms. The summed E-state index contributed by atoms with van der Waals surface area (Å²) in [6, 6.07) is 15.3. The molecule has 0 saturated carbocycles. The number of para-hydroxylation sites is 1. The summed E-state index contributed by atoms with van der Waals surface area (Å²) in [6.45, 7) is 1.64. The molecule has 0 fully saturated rings. The van der Waals surface area contributed by atoms with Crippen LogP contribution in [0.1, 0.15) is 16.1 Å². The maximum absolute atomic E-state index is 13.7. The third kappa shape index (κ3) is 3.71. The van der Waals surface area contributed by atoms with Crippen LogP contribution >= 0.6 is 11.6 Å². The average Bonchev–Trinajstić information content (AvgIpc) is 3.25. The predicted molar refractivity (Wildman–Crippen MR) is 112 cm³/mol. The second kappa shape index (κ2) is 7.50. The quantitative estimate of drug-likeness (QED) is 0.620. The van der Waals surface area contributed by atoms with Crippen molar-refractivity contribution >= 4 is 33.0 Å². The number of anilines is 1. The molecule has 8 heteroatoms. The molecule has 1 aromatic heterocycles. The van der Waals surface area contributed by atoms with Crippen molar-refractivity contribution in [1.82, 2.24) is 5.16 Å². The predicted octanol–water partition coefficient (Wildman–Crippen LogP) is 4.26. The van der Waals surface area contributed by atoms with E-state index in [1.54, 1.807) is 55.5 Å². The fourth-order valence-corrected chi connectivity index (χ4v) is 4.84. The summed E-state index contributed by atoms with van der Waals surface area (Å²) < 4.78 is 29.3. The van der Waals surface area contributed by atoms with E-state index >= 15 is 0 Å². The molecular formula is C21H17ClN2O4S. The maximum atomic E-state index is 13.7. The van der Waals surface area contributed by atoms with E-state index in [1.165, 1.54) is 11.0 Å². The van der Waals surface area contributed by atoms with E-state index in [0.29, 0.717) is 27.7 Å². The van der Waals surface area contributed by atoms with Crippen LogP contribution in [0.25, 0.3) is 11.3 Å². The summed E-state index contributed by atoms with van der Waals surface area (Å²) in [5.74, 6) is -0.258. The average molecular weight is 429 g/mol. The summed E-state index contributed by atoms with van der Waals surface area (Å²) in [4.78, 5) is 15.1. The number of sulfone groups is 1. The molecule has 3 aromatic rings. The molecule has 148 valence electrons. The zero-order valence-electron chi connectivity index (χ0n) is 15.4. The Kier molecular flexibility index (Phi) is 5.02. The number of aromatic nitrogens is 1. The largest absolute Gasteiger partial charge is 0.360 e. The van der Waals surface area contributed by atoms with Crippen molar-refractivity contribution < 1.29 is 17.7 Å². The van der Waals surface area contributed by atoms with Gasteiger partial charge in [0.2, 0.25) is 0 Å². The van der Waals surface area contributed by atoms with Gasteiger partial charge in [0.05, 0.1) is 16.8 Å². The lowest BCUT2D eigenvalue weighted by Gasteiger charge is -2.27. The maximum Gasteiger partial charge on any atom is 0.264 e. The monoisotopic (exact) mass is 428 g/mol. The third-order valence-electron chi connectivity index (χ3n) is 4.70. The first kappa shape index (κ1) is 19.4. The molecule has 1 amide bonds. The Bertz CT molecular complexity index is 1200. The smallest absolute Gasteiger partial charge is 0.264 e. The molecule has 1 aliphatic heterocycles. The Morgan fingerprint density at radius 3 is 2.48 bits per heavy atom. The molecule has 0 saturated heterocycles. The molecule has 0 aliphatic carbocycles. The molecule has 0 spiro atoms. The third-order valence-corrected chi connectivity index (χ3v) is 6.41. The first-order valence-corrected chi connectivity index (χ1v) is 11.0. The Morgan fingerprint density at radius 1 is 1.14 bits per heavy atom. The Hall–Kier alpha value is -2.90. The standard InChI is InChI=1S/C21H17ClN2O4S/c1-14-19(20(23-28-14)17-9-5-6-10-18(17)22)21(25)24(15-7-3-2-4-8-15)16-11-12-29(26,27)13-16/h2-12,16H,13H2,1H3/t16-/m0/s1. The number of halogens is 1. The molecule has 4 rings (SSSR count). The molecule has 6 nitrogen and oxygen atoms in total. The van der Waals surface area contributed by atoms with E-state index in [0.717, 1.165) is 5.41 Å². The van der Waals surface area contributed by atoms with E-state index < -0.39 is 21.8 Å². The van der Waals surface area contributed by atoms with Gasteiger partial charge in [0.25, 0.3) is 5.91 Å². The fourth-order valence-electron chi connectivity index (χ4n) is 3.35. The summed E-state index contributed by atoms with van der Waals surface area (Å²) in [7, 11) is -3.36. The number of amides is 1. The second-order valence-corrected chi connectivity index (χ2v) is 9.02. The van der Waals surface area contributed by atoms with E-state index in [9.17, 15) is 13.2 Å². The van der Waals surface area contributed by atoms with Gasteiger partial charge in [0.15, 0.2) is 9.84 Å². The lowest BCUT2D eigenvalue weighted by molar-refractivity contribution is 0.0982. The van der Waals surface area contributed by atoms with Crippen molar-refractivity contribution in [3.05, 3.63) is 82.4 Å². The lowest BCUT2D eigenvalue weighted by Crippen LogP contribution is -2.41. The van der Waals surface area contributed by atoms with Crippen LogP contribution in [0.15, 0.2) is 70.6 Å². The lowest BCUT2D eigenvalue weighted by atomic mass is 10.0. The van der Waals surface area contributed by atoms with Gasteiger partial charge >= 0.3 is 0 Å². The van der Waals surface area contributed by atoms with Crippen molar-refractivity contribution in [1.29, 1.82) is 0 Å². The first-order chi connectivity index (χ1) is 13.9. The van der Waals surface area contributed by atoms with Gasteiger partial charge in [0, 0.05) is 16.7 Å². The van der Waals surface area contributed by atoms with Crippen molar-refractivity contribution in [2.45, 2.75) is 13.0 Å². The van der Waals surface area contributed by atoms with Crippen molar-refractivity contribution in [3.8, 4) is 11.3 Å². The van der Waals surface area contributed by atoms with E-state index in [1.807, 2.05) is 6.07 Å². The highest BCUT2D eigenvalue weighted by atomic mass is 35.5. The Balaban J connectivity index is 1.84. The van der Waals surface area contributed by atoms with Gasteiger partial charge in [-0.15, -0.1) is 0 Å². The van der Waals surface area contributed by atoms with Crippen LogP contribution in [0.5, 0.6) is 0 Å². The van der Waals surface area contributed by atoms with Crippen LogP contribution in [0.4, 0.5) is 5.69 Å². The zero-order valence-corrected chi connectivity index (χ0v) is 17.0. The Morgan fingerprint density at radius 2 is 1.83 bits per heavy atom. The summed E-state index contributed by atoms with van der Waals surface area (Å²) >= 11 is 6.31. The molecular weight excluding hydrogens is 412 g/mol. The number of hydrogen-bond donors (Lipinski definition) is 0. The van der Waals surface area contributed by atoms with Crippen LogP contribution in [-0.2, 0) is 9.84 Å². The Labute approximate surface area is 173 Å². The van der Waals surface area contributed by atoms with E-state index in [2.05, 4.69) is 5.16 Å². The van der Waals surface area contributed by atoms with Crippen LogP contribution in [0, 0.1) is 6.92 Å². The molecule has 2 aromatic carbocycles. The number of nitrogens with zero attached hydrogens (tertiary/aromatic N) is 2. The minimum absolute atomic E-state index is 0.181. The van der Waals surface area contributed by atoms with Crippen molar-refractivity contribution in [2.75, 3.05) is 10.7 Å². The van der Waals surface area contributed by atoms with E-state index in [-0.39, 0.29) is 11.3 Å². The molecule has 2 heterocycles. The van der Waals surface area contributed by atoms with Gasteiger partial charge in [-0.1, -0.05) is 53.2 Å². The normalized spacial score (nSPS) is 17.4.